The smallest absolute Gasteiger partial charge is 0.221 e. The molecule has 1 fully saturated rings. The van der Waals surface area contributed by atoms with Crippen molar-refractivity contribution in [1.82, 2.24) is 15.2 Å². The Kier molecular flexibility index (Phi) is 5.95. The third-order valence-electron chi connectivity index (χ3n) is 3.57. The summed E-state index contributed by atoms with van der Waals surface area (Å²) in [6.45, 7) is 3.52. The van der Waals surface area contributed by atoms with Crippen molar-refractivity contribution in [3.63, 3.8) is 0 Å². The number of hydrogen-bond donors (Lipinski definition) is 1. The van der Waals surface area contributed by atoms with Gasteiger partial charge in [-0.25, -0.2) is 0 Å². The topological polar surface area (TPSA) is 54.5 Å². The van der Waals surface area contributed by atoms with Crippen LogP contribution in [0, 0.1) is 0 Å². The maximum absolute atomic E-state index is 12.0. The molecule has 0 radical (unpaired) electrons. The molecule has 2 rings (SSSR count). The van der Waals surface area contributed by atoms with Crippen LogP contribution in [0.4, 0.5) is 0 Å². The molecule has 1 N–H and O–H groups in total. The summed E-state index contributed by atoms with van der Waals surface area (Å²) in [7, 11) is 1.63. The van der Waals surface area contributed by atoms with Gasteiger partial charge in [-0.3, -0.25) is 9.78 Å². The molecule has 20 heavy (non-hydrogen) atoms. The zero-order valence-electron chi connectivity index (χ0n) is 12.0. The number of rotatable bonds is 7. The molecule has 0 aromatic carbocycles. The highest BCUT2D eigenvalue weighted by molar-refractivity contribution is 5.76. The highest BCUT2D eigenvalue weighted by atomic mass is 16.5. The van der Waals surface area contributed by atoms with Gasteiger partial charge in [0.15, 0.2) is 0 Å². The highest BCUT2D eigenvalue weighted by Gasteiger charge is 2.17. The fraction of sp³-hybridized carbons (Fsp3) is 0.600. The largest absolute Gasteiger partial charge is 0.382 e. The van der Waals surface area contributed by atoms with Crippen LogP contribution in [0.2, 0.25) is 0 Å². The van der Waals surface area contributed by atoms with E-state index >= 15 is 0 Å². The highest BCUT2D eigenvalue weighted by Crippen LogP contribution is 2.11. The summed E-state index contributed by atoms with van der Waals surface area (Å²) >= 11 is 0. The molecule has 5 nitrogen and oxygen atoms in total. The maximum atomic E-state index is 12.0. The van der Waals surface area contributed by atoms with Gasteiger partial charge in [0, 0.05) is 26.3 Å². The van der Waals surface area contributed by atoms with Gasteiger partial charge in [-0.2, -0.15) is 0 Å². The number of methoxy groups -OCH3 is 1. The average Bonchev–Trinajstić information content (AvgIpc) is 2.99. The summed E-state index contributed by atoms with van der Waals surface area (Å²) in [6, 6.07) is 5.52. The van der Waals surface area contributed by atoms with Gasteiger partial charge in [-0.05, 0) is 38.1 Å². The quantitative estimate of drug-likeness (QED) is 0.818. The van der Waals surface area contributed by atoms with Crippen molar-refractivity contribution in [2.45, 2.75) is 25.3 Å². The van der Waals surface area contributed by atoms with Crippen LogP contribution in [0.1, 0.15) is 31.0 Å². The minimum atomic E-state index is -0.174. The molecule has 0 saturated carbocycles. The molecule has 0 aliphatic carbocycles. The molecule has 1 aromatic rings. The van der Waals surface area contributed by atoms with Gasteiger partial charge in [-0.15, -0.1) is 0 Å². The molecule has 5 heteroatoms. The zero-order chi connectivity index (χ0) is 14.2. The van der Waals surface area contributed by atoms with Crippen molar-refractivity contribution in [3.8, 4) is 0 Å². The van der Waals surface area contributed by atoms with E-state index in [0.29, 0.717) is 13.0 Å². The van der Waals surface area contributed by atoms with E-state index in [4.69, 9.17) is 4.74 Å². The second-order valence-corrected chi connectivity index (χ2v) is 5.13. The van der Waals surface area contributed by atoms with Gasteiger partial charge < -0.3 is 15.0 Å². The molecule has 1 amide bonds. The summed E-state index contributed by atoms with van der Waals surface area (Å²) in [4.78, 5) is 18.7. The van der Waals surface area contributed by atoms with Crippen molar-refractivity contribution in [3.05, 3.63) is 30.1 Å². The minimum Gasteiger partial charge on any atom is -0.382 e. The molecule has 0 spiro atoms. The second-order valence-electron chi connectivity index (χ2n) is 5.13. The van der Waals surface area contributed by atoms with Gasteiger partial charge in [-0.1, -0.05) is 6.07 Å². The van der Waals surface area contributed by atoms with Gasteiger partial charge in [0.2, 0.25) is 5.91 Å². The summed E-state index contributed by atoms with van der Waals surface area (Å²) in [5, 5.41) is 3.01. The molecule has 110 valence electrons. The normalized spacial score (nSPS) is 17.1. The van der Waals surface area contributed by atoms with Gasteiger partial charge in [0.05, 0.1) is 18.3 Å². The number of hydrogen-bond acceptors (Lipinski definition) is 4. The fourth-order valence-electron chi connectivity index (χ4n) is 2.48. The van der Waals surface area contributed by atoms with E-state index in [2.05, 4.69) is 15.2 Å². The third kappa shape index (κ3) is 4.58. The third-order valence-corrected chi connectivity index (χ3v) is 3.57. The molecule has 1 aliphatic heterocycles. The molecule has 0 bridgehead atoms. The van der Waals surface area contributed by atoms with E-state index in [9.17, 15) is 4.79 Å². The van der Waals surface area contributed by atoms with E-state index in [1.165, 1.54) is 12.8 Å². The van der Waals surface area contributed by atoms with Crippen LogP contribution in [0.15, 0.2) is 24.4 Å². The van der Waals surface area contributed by atoms with Crippen molar-refractivity contribution < 1.29 is 9.53 Å². The summed E-state index contributed by atoms with van der Waals surface area (Å²) in [6.07, 6.45) is 4.77. The Labute approximate surface area is 120 Å². The average molecular weight is 277 g/mol. The Morgan fingerprint density at radius 3 is 2.90 bits per heavy atom. The number of ether oxygens (including phenoxy) is 1. The molecular formula is C15H23N3O2. The standard InChI is InChI=1S/C15H23N3O2/c1-20-12-14(13-6-2-3-8-16-13)17-15(19)7-11-18-9-4-5-10-18/h2-3,6,8,14H,4-5,7,9-12H2,1H3,(H,17,19). The van der Waals surface area contributed by atoms with Gasteiger partial charge >= 0.3 is 0 Å². The van der Waals surface area contributed by atoms with Crippen LogP contribution >= 0.6 is 0 Å². The number of nitrogens with one attached hydrogen (secondary N) is 1. The number of pyridine rings is 1. The van der Waals surface area contributed by atoms with E-state index in [-0.39, 0.29) is 11.9 Å². The van der Waals surface area contributed by atoms with Crippen LogP contribution < -0.4 is 5.32 Å². The van der Waals surface area contributed by atoms with Crippen molar-refractivity contribution in [2.75, 3.05) is 33.4 Å². The van der Waals surface area contributed by atoms with Gasteiger partial charge in [0.1, 0.15) is 0 Å². The first-order valence-electron chi connectivity index (χ1n) is 7.21. The molecule has 1 aromatic heterocycles. The Balaban J connectivity index is 1.82. The van der Waals surface area contributed by atoms with E-state index in [0.717, 1.165) is 25.3 Å². The van der Waals surface area contributed by atoms with E-state index in [1.807, 2.05) is 18.2 Å². The Bertz CT molecular complexity index is 405. The fourth-order valence-corrected chi connectivity index (χ4v) is 2.48. The van der Waals surface area contributed by atoms with Crippen molar-refractivity contribution in [2.24, 2.45) is 0 Å². The number of amides is 1. The van der Waals surface area contributed by atoms with Gasteiger partial charge in [0.25, 0.3) is 0 Å². The van der Waals surface area contributed by atoms with E-state index < -0.39 is 0 Å². The number of carbonyl (C=O) groups excluding carboxylic acids is 1. The Morgan fingerprint density at radius 1 is 1.45 bits per heavy atom. The molecule has 1 saturated heterocycles. The molecule has 1 atom stereocenters. The molecule has 2 heterocycles. The zero-order valence-corrected chi connectivity index (χ0v) is 12.0. The first-order valence-corrected chi connectivity index (χ1v) is 7.21. The minimum absolute atomic E-state index is 0.0598. The number of likely N-dealkylation sites (tertiary alicyclic amines) is 1. The number of aromatic nitrogens is 1. The van der Waals surface area contributed by atoms with Crippen molar-refractivity contribution >= 4 is 5.91 Å². The Morgan fingerprint density at radius 2 is 2.25 bits per heavy atom. The van der Waals surface area contributed by atoms with Crippen LogP contribution in [0.25, 0.3) is 0 Å². The lowest BCUT2D eigenvalue weighted by Gasteiger charge is -2.19. The first-order chi connectivity index (χ1) is 9.79. The Hall–Kier alpha value is -1.46. The lowest BCUT2D eigenvalue weighted by atomic mass is 10.2. The number of nitrogens with zero attached hydrogens (tertiary/aromatic N) is 2. The van der Waals surface area contributed by atoms with Crippen LogP contribution in [0.3, 0.4) is 0 Å². The van der Waals surface area contributed by atoms with Crippen LogP contribution in [-0.2, 0) is 9.53 Å². The second kappa shape index (κ2) is 7.97. The lowest BCUT2D eigenvalue weighted by molar-refractivity contribution is -0.122. The maximum Gasteiger partial charge on any atom is 0.221 e. The number of carbonyl (C=O) groups is 1. The first kappa shape index (κ1) is 14.9. The van der Waals surface area contributed by atoms with E-state index in [1.54, 1.807) is 13.3 Å². The lowest BCUT2D eigenvalue weighted by Crippen LogP contribution is -2.34. The molecular weight excluding hydrogens is 254 g/mol. The summed E-state index contributed by atoms with van der Waals surface area (Å²) in [5.41, 5.74) is 0.837. The summed E-state index contributed by atoms with van der Waals surface area (Å²) < 4.78 is 5.17. The molecule has 1 unspecified atom stereocenters. The SMILES string of the molecule is COCC(NC(=O)CCN1CCCC1)c1ccccn1. The predicted octanol–water partition coefficient (Wildman–Crippen LogP) is 1.37. The van der Waals surface area contributed by atoms with Crippen molar-refractivity contribution in [1.29, 1.82) is 0 Å². The predicted molar refractivity (Wildman–Crippen MR) is 77.3 cm³/mol. The summed E-state index contributed by atoms with van der Waals surface area (Å²) in [5.74, 6) is 0.0598. The van der Waals surface area contributed by atoms with Crippen LogP contribution in [0.5, 0.6) is 0 Å². The molecule has 1 aliphatic rings. The monoisotopic (exact) mass is 277 g/mol. The van der Waals surface area contributed by atoms with Crippen LogP contribution in [-0.4, -0.2) is 49.1 Å².